The van der Waals surface area contributed by atoms with E-state index in [1.807, 2.05) is 0 Å². The zero-order valence-electron chi connectivity index (χ0n) is 152. The highest BCUT2D eigenvalue weighted by Gasteiger charge is 2.26. The van der Waals surface area contributed by atoms with Gasteiger partial charge in [-0.3, -0.25) is 0 Å². The van der Waals surface area contributed by atoms with Crippen molar-refractivity contribution < 1.29 is 111 Å². The van der Waals surface area contributed by atoms with Crippen LogP contribution in [0.25, 0.3) is 292 Å². The molecule has 0 saturated heterocycles. The van der Waals surface area contributed by atoms with Gasteiger partial charge in [-0.25, -0.2) is 44.9 Å². The Morgan fingerprint density at radius 3 is 0.773 bits per heavy atom. The number of aromatic nitrogens is 9. The minimum Gasteiger partial charge on any atom is -0.456 e. The number of para-hydroxylation sites is 1. The predicted octanol–water partition coefficient (Wildman–Crippen LogP) is 38.4. The molecule has 702 valence electrons. The molecule has 15 heteroatoms. The molecule has 0 fully saturated rings. The predicted molar refractivity (Wildman–Crippen MR) is 633 cm³/mol. The first-order valence-electron chi connectivity index (χ1n) is 82.5. The highest BCUT2D eigenvalue weighted by Crippen LogP contribution is 2.49. The fourth-order valence-electron chi connectivity index (χ4n) is 15.9. The molecule has 0 amide bonds. The normalized spacial score (nSPS) is 18.9. The zero-order valence-corrected chi connectivity index (χ0v) is 78.3. The maximum atomic E-state index is 9.51. The smallest absolute Gasteiger partial charge is 0.165 e. The number of rotatable bonds is 15. The number of hydrogen-bond acceptors (Lipinski definition) is 15. The van der Waals surface area contributed by atoms with Crippen LogP contribution in [-0.4, -0.2) is 44.9 Å². The molecule has 30 aromatic rings. The van der Waals surface area contributed by atoms with E-state index in [9.17, 15) is 27.4 Å². The van der Waals surface area contributed by atoms with Crippen LogP contribution in [0, 0.1) is 0 Å². The fraction of sp³-hybridized carbons (Fsp3) is 0. The Hall–Kier alpha value is -18.5. The summed E-state index contributed by atoms with van der Waals surface area (Å²) >= 11 is 3.37. The maximum absolute atomic E-state index is 9.51. The van der Waals surface area contributed by atoms with E-state index >= 15 is 0 Å². The van der Waals surface area contributed by atoms with Crippen LogP contribution in [0.3, 0.4) is 0 Å². The van der Waals surface area contributed by atoms with Gasteiger partial charge in [-0.15, -0.1) is 56.7 Å². The summed E-state index contributed by atoms with van der Waals surface area (Å²) in [6.07, 6.45) is 0. The van der Waals surface area contributed by atoms with Gasteiger partial charge in [0, 0.05) is 162 Å². The molecule has 0 aliphatic heterocycles. The van der Waals surface area contributed by atoms with Crippen LogP contribution in [0.15, 0.2) is 494 Å². The summed E-state index contributed by atoms with van der Waals surface area (Å²) in [4.78, 5) is 40.5. The van der Waals surface area contributed by atoms with E-state index in [-0.39, 0.29) is 106 Å². The molecular formula is C135H81N9OS5. The van der Waals surface area contributed by atoms with Crippen LogP contribution in [-0.2, 0) is 0 Å². The fourth-order valence-corrected chi connectivity index (χ4v) is 21.1. The van der Waals surface area contributed by atoms with Gasteiger partial charge in [-0.1, -0.05) is 411 Å². The second-order valence-electron chi connectivity index (χ2n) is 31.2. The quantitative estimate of drug-likeness (QED) is 0.0978. The zero-order chi connectivity index (χ0) is 167. The van der Waals surface area contributed by atoms with E-state index in [1.165, 1.54) is 0 Å². The van der Waals surface area contributed by atoms with Crippen molar-refractivity contribution in [1.82, 2.24) is 44.9 Å². The van der Waals surface area contributed by atoms with Gasteiger partial charge < -0.3 is 4.42 Å². The lowest BCUT2D eigenvalue weighted by Crippen LogP contribution is -2.01. The minimum atomic E-state index is -1.01. The molecule has 9 aromatic heterocycles. The average Bonchev–Trinajstić information content (AvgIpc) is 1.54. The van der Waals surface area contributed by atoms with Gasteiger partial charge in [-0.05, 0) is 145 Å². The lowest BCUT2D eigenvalue weighted by molar-refractivity contribution is 0.669. The van der Waals surface area contributed by atoms with Crippen molar-refractivity contribution in [2.24, 2.45) is 0 Å². The summed E-state index contributed by atoms with van der Waals surface area (Å²) in [5.74, 6) is -7.02. The lowest BCUT2D eigenvalue weighted by Gasteiger charge is -2.12. The number of benzene rings is 21. The topological polar surface area (TPSA) is 129 Å². The molecule has 30 rings (SSSR count). The molecule has 0 unspecified atom stereocenters. The summed E-state index contributed by atoms with van der Waals surface area (Å²) in [5, 5.41) is -2.96. The van der Waals surface area contributed by atoms with Crippen molar-refractivity contribution in [2.75, 3.05) is 0 Å². The van der Waals surface area contributed by atoms with Gasteiger partial charge in [0.05, 0.1) is 107 Å². The second kappa shape index (κ2) is 38.2. The molecule has 0 aliphatic rings. The van der Waals surface area contributed by atoms with Crippen molar-refractivity contribution in [2.45, 2.75) is 0 Å². The Bertz CT molecular complexity index is 15100. The summed E-state index contributed by atoms with van der Waals surface area (Å²) in [7, 11) is 0. The molecule has 0 bridgehead atoms. The van der Waals surface area contributed by atoms with E-state index in [0.717, 1.165) is 29.5 Å². The summed E-state index contributed by atoms with van der Waals surface area (Å²) in [5.41, 5.74) is -13.8. The molecule has 150 heavy (non-hydrogen) atoms. The Morgan fingerprint density at radius 1 is 0.140 bits per heavy atom. The number of nitrogens with zero attached hydrogens (tertiary/aromatic N) is 9. The van der Waals surface area contributed by atoms with Gasteiger partial charge in [0.15, 0.2) is 52.4 Å². The molecule has 21 aromatic carbocycles. The summed E-state index contributed by atoms with van der Waals surface area (Å²) < 4.78 is 692. The van der Waals surface area contributed by atoms with E-state index in [4.69, 9.17) is 83.9 Å². The van der Waals surface area contributed by atoms with Gasteiger partial charge in [-0.2, -0.15) is 0 Å². The molecule has 0 radical (unpaired) electrons. The number of fused-ring (bicyclic) bond motifs is 18. The standard InChI is InChI=1S/C45H27N3OS.2C45H27N3S2/c1-2-11-29(12-3-1)32-13-4-5-16-36(32)44-46-43(47-45(48-44)37-18-10-17-35-34-15-7-9-20-41(34)50-42(35)37)30-23-21-28(22-24-30)31-25-26-40-38(27-31)33-14-6-8-19-39(33)49-40;1-2-11-29(12-3-1)32-13-4-5-16-36(32)44-46-43(47-45(48-44)37-18-10-17-35-33-14-6-9-20-40(33)50-42(35)37)30-23-21-28(22-24-30)31-25-26-41-38(27-31)34-15-7-8-19-39(34)49-41;1-2-12-28(13-3-1)31-14-4-5-17-37(31)44-46-43(47-45(48-44)38-21-11-20-36-34-16-7-9-23-40(34)50-42(36)38)30-26-24-29(25-27-30)32-18-10-19-35-33-15-6-8-22-39(33)49-41(32)35/h3*1-27H/i2*1D,2D,3D,4D,5D,6D,7D,8D,9D,10D,11D,13D,14D,15D,16D,17D,18D,19D,20D,21D,22D,23D,24D,25D,26D,27D;1D,2D,3D,4D,5D,6D,7D,8D,9D,10D,11D,12D,14D,15D,16D,17D,18D,19D,20D,21D,22D,23D,24D,25D,26D,27D. The Labute approximate surface area is 991 Å². The molecule has 0 N–H and O–H groups in total. The molecule has 0 atom stereocenters. The largest absolute Gasteiger partial charge is 0.456 e. The van der Waals surface area contributed by atoms with Crippen LogP contribution >= 0.6 is 56.7 Å². The van der Waals surface area contributed by atoms with Crippen molar-refractivity contribution >= 4 is 179 Å². The Kier molecular flexibility index (Phi) is 10.2. The van der Waals surface area contributed by atoms with Crippen LogP contribution < -0.4 is 0 Å². The minimum absolute atomic E-state index is 0.0452. The van der Waals surface area contributed by atoms with E-state index in [0.29, 0.717) is 45.3 Å². The second-order valence-corrected chi connectivity index (χ2v) is 36.3. The first-order valence-corrected chi connectivity index (χ1v) is 47.5. The molecule has 9 heterocycles. The average molecular weight is 2080 g/mol. The van der Waals surface area contributed by atoms with Crippen LogP contribution in [0.5, 0.6) is 0 Å². The Balaban J connectivity index is 0.000000148. The van der Waals surface area contributed by atoms with Crippen LogP contribution in [0.4, 0.5) is 0 Å². The molecule has 0 saturated carbocycles. The first kappa shape index (κ1) is 40.1. The number of hydrogen-bond donors (Lipinski definition) is 0. The van der Waals surface area contributed by atoms with E-state index in [2.05, 4.69) is 44.9 Å². The van der Waals surface area contributed by atoms with Crippen molar-refractivity contribution in [3.05, 3.63) is 490 Å². The van der Waals surface area contributed by atoms with Crippen molar-refractivity contribution in [1.29, 1.82) is 0 Å². The third-order valence-electron chi connectivity index (χ3n) is 22.6. The van der Waals surface area contributed by atoms with Crippen LogP contribution in [0.2, 0.25) is 0 Å². The number of thiophene rings is 5. The third kappa shape index (κ3) is 16.5. The van der Waals surface area contributed by atoms with Gasteiger partial charge >= 0.3 is 0 Å². The van der Waals surface area contributed by atoms with Gasteiger partial charge in [0.1, 0.15) is 11.2 Å². The summed E-state index contributed by atoms with van der Waals surface area (Å²) in [6, 6.07) is -56.7. The van der Waals surface area contributed by atoms with Crippen molar-refractivity contribution in [3.8, 4) is 169 Å². The highest BCUT2D eigenvalue weighted by molar-refractivity contribution is 7.28. The molecular weight excluding hydrogens is 1920 g/mol. The molecule has 0 spiro atoms. The third-order valence-corrected chi connectivity index (χ3v) is 28.1. The molecule has 10 nitrogen and oxygen atoms in total. The van der Waals surface area contributed by atoms with E-state index in [1.54, 1.807) is 0 Å². The molecule has 0 aliphatic carbocycles. The Morgan fingerprint density at radius 2 is 0.387 bits per heavy atom. The van der Waals surface area contributed by atoms with E-state index < -0.39 is 657 Å². The highest BCUT2D eigenvalue weighted by atomic mass is 32.1. The SMILES string of the molecule is [2H]c1cc(-c2c([2H])c([2H])c([2H])c([2H])c2-c2nc(-c3c([2H])c([2H])c(-c4c([2H])c([2H])c([2H])c5c4sc4c([2H])c([2H])c([2H])c([2H])c45)c([2H])c3[2H])nc(-c3c([2H])c([2H])c([2H])c4c3sc3c([2H])c([2H])c([2H])c([2H])c34)n2)c([2H])c([2H])c1[2H].[2H]c1cc(-c2c([2H])c([2H])c([2H])c([2H])c2-c2nc(-c3c([2H])c([2H])c(-c4c([2H])c([2H])c5oc6c([2H])c([2H])c([2H])c([2H])c6c5c4[2H])c([2H])c3[2H])nc(-c3c([2H])c([2H])c([2H])c4c3sc3c([2H])c([2H])c([2H])c([2H])c34)n2)c([2H])c([2H])c1[2H].[2H]c1cc(-c2c([2H])c([2H])c([2H])c([2H])c2-c2nc(-c3c([2H])c([2H])c(-c4c([2H])c([2H])c5sc6c([2H])c([2H])c([2H])c([2H])c6c5c4[2H])c([2H])c3[2H])nc(-c3c([2H])c([2H])c([2H])c4c3sc3c([2H])c([2H])c([2H])c([2H])c34)n2)c([2H])c([2H])c1[2H]. The number of furan rings is 1. The van der Waals surface area contributed by atoms with Crippen molar-refractivity contribution in [3.63, 3.8) is 0 Å². The van der Waals surface area contributed by atoms with Gasteiger partial charge in [0.2, 0.25) is 0 Å². The monoisotopic (exact) mass is 2080 g/mol. The maximum Gasteiger partial charge on any atom is 0.165 e. The lowest BCUT2D eigenvalue weighted by atomic mass is 9.99. The van der Waals surface area contributed by atoms with Gasteiger partial charge in [0.25, 0.3) is 0 Å². The van der Waals surface area contributed by atoms with Crippen LogP contribution in [0.1, 0.15) is 107 Å². The summed E-state index contributed by atoms with van der Waals surface area (Å²) in [6.45, 7) is 0. The first-order chi connectivity index (χ1) is 107.